The molecule has 2 atom stereocenters. The molecule has 5 heterocycles. The van der Waals surface area contributed by atoms with Gasteiger partial charge >= 0.3 is 0 Å². The third kappa shape index (κ3) is 8.23. The van der Waals surface area contributed by atoms with E-state index in [1.165, 1.54) is 24.2 Å². The Balaban J connectivity index is 0.862. The molecule has 0 radical (unpaired) electrons. The fraction of sp³-hybridized carbons (Fsp3) is 0.359. The van der Waals surface area contributed by atoms with Crippen LogP contribution >= 0.6 is 11.8 Å². The summed E-state index contributed by atoms with van der Waals surface area (Å²) in [6.45, 7) is 1.20. The standard InChI is InChI=1S/C39H40N10O8S/c1-56-24-16-22(17-25(18-24)57-2)6-7-28-34-35(40)43-21-44-36(34)49(46-28)23-10-13-47(20-23)32(52)11-14-58-15-12-41-31(51)19-42-27-5-3-4-26-33(27)39(55)48(38(26)54)29-8-9-30(50)45-37(29)53/h3-5,16-18,21,23,29,42H,8-15,19-20H2,1-2H3,(H,41,51)(H2,40,43,44)(H,45,50,53)/t23-,29?/m0/s1. The second-order valence-corrected chi connectivity index (χ2v) is 14.9. The topological polar surface area (TPSA) is 233 Å². The number of piperidine rings is 1. The maximum atomic E-state index is 13.3. The van der Waals surface area contributed by atoms with Gasteiger partial charge < -0.3 is 30.7 Å². The predicted molar refractivity (Wildman–Crippen MR) is 212 cm³/mol. The number of amides is 6. The molecule has 5 N–H and O–H groups in total. The molecule has 4 aromatic rings. The Hall–Kier alpha value is -6.68. The number of ether oxygens (including phenoxy) is 2. The number of aromatic nitrogens is 4. The van der Waals surface area contributed by atoms with E-state index in [9.17, 15) is 28.8 Å². The molecule has 19 heteroatoms. The van der Waals surface area contributed by atoms with Gasteiger partial charge in [0.2, 0.25) is 23.6 Å². The second kappa shape index (κ2) is 17.2. The van der Waals surface area contributed by atoms with Crippen LogP contribution in [0.1, 0.15) is 63.7 Å². The van der Waals surface area contributed by atoms with Gasteiger partial charge in [-0.3, -0.25) is 39.0 Å². The number of hydrogen-bond donors (Lipinski definition) is 4. The van der Waals surface area contributed by atoms with Crippen molar-refractivity contribution in [3.05, 3.63) is 65.1 Å². The number of nitrogens with one attached hydrogen (secondary N) is 3. The van der Waals surface area contributed by atoms with Crippen molar-refractivity contribution in [3.63, 3.8) is 0 Å². The maximum Gasteiger partial charge on any atom is 0.264 e. The highest BCUT2D eigenvalue weighted by Gasteiger charge is 2.45. The second-order valence-electron chi connectivity index (χ2n) is 13.6. The maximum absolute atomic E-state index is 13.3. The number of fused-ring (bicyclic) bond motifs is 2. The fourth-order valence-electron chi connectivity index (χ4n) is 7.10. The van der Waals surface area contributed by atoms with Crippen LogP contribution < -0.4 is 31.2 Å². The number of hydrogen-bond acceptors (Lipinski definition) is 14. The molecule has 300 valence electrons. The summed E-state index contributed by atoms with van der Waals surface area (Å²) in [5.74, 6) is 6.06. The highest BCUT2D eigenvalue weighted by molar-refractivity contribution is 7.99. The minimum absolute atomic E-state index is 0.0143. The van der Waals surface area contributed by atoms with E-state index in [0.717, 1.165) is 4.90 Å². The Morgan fingerprint density at radius 3 is 2.57 bits per heavy atom. The summed E-state index contributed by atoms with van der Waals surface area (Å²) in [4.78, 5) is 87.4. The van der Waals surface area contributed by atoms with Crippen LogP contribution in [0.4, 0.5) is 11.5 Å². The van der Waals surface area contributed by atoms with E-state index in [1.54, 1.807) is 49.2 Å². The Morgan fingerprint density at radius 1 is 1.02 bits per heavy atom. The van der Waals surface area contributed by atoms with Crippen LogP contribution in [0.15, 0.2) is 42.7 Å². The molecule has 2 fully saturated rings. The summed E-state index contributed by atoms with van der Waals surface area (Å²) in [5, 5.41) is 13.2. The smallest absolute Gasteiger partial charge is 0.264 e. The number of rotatable bonds is 13. The number of anilines is 2. The predicted octanol–water partition coefficient (Wildman–Crippen LogP) is 1.35. The molecule has 1 unspecified atom stereocenters. The summed E-state index contributed by atoms with van der Waals surface area (Å²) in [5.41, 5.74) is 8.37. The van der Waals surface area contributed by atoms with E-state index in [1.807, 2.05) is 4.90 Å². The number of nitrogens with two attached hydrogens (primary N) is 1. The lowest BCUT2D eigenvalue weighted by atomic mass is 10.0. The number of likely N-dealkylation sites (tertiary alicyclic amines) is 1. The molecule has 2 aromatic carbocycles. The number of methoxy groups -OCH3 is 2. The van der Waals surface area contributed by atoms with E-state index in [0.29, 0.717) is 77.8 Å². The summed E-state index contributed by atoms with van der Waals surface area (Å²) < 4.78 is 12.5. The molecule has 6 amide bonds. The SMILES string of the molecule is COc1cc(C#Cc2nn([C@H]3CCN(C(=O)CCSCCNC(=O)CNc4cccc5c4C(=O)N(C4CCC(=O)NC4=O)C5=O)C3)c3ncnc(N)c23)cc(OC)c1. The van der Waals surface area contributed by atoms with Crippen molar-refractivity contribution in [2.75, 3.05) is 63.0 Å². The summed E-state index contributed by atoms with van der Waals surface area (Å²) in [7, 11) is 3.13. The molecule has 0 aliphatic carbocycles. The summed E-state index contributed by atoms with van der Waals surface area (Å²) in [6, 6.07) is 8.76. The van der Waals surface area contributed by atoms with Crippen LogP contribution in [-0.2, 0) is 19.2 Å². The first-order chi connectivity index (χ1) is 28.1. The normalized spacial score (nSPS) is 17.5. The van der Waals surface area contributed by atoms with Gasteiger partial charge in [-0.25, -0.2) is 14.6 Å². The van der Waals surface area contributed by atoms with E-state index in [4.69, 9.17) is 20.3 Å². The molecule has 0 bridgehead atoms. The van der Waals surface area contributed by atoms with Gasteiger partial charge in [0.1, 0.15) is 35.4 Å². The van der Waals surface area contributed by atoms with Gasteiger partial charge in [0.05, 0.1) is 43.3 Å². The lowest BCUT2D eigenvalue weighted by Crippen LogP contribution is -2.54. The molecule has 18 nitrogen and oxygen atoms in total. The Bertz CT molecular complexity index is 2370. The average molecular weight is 809 g/mol. The van der Waals surface area contributed by atoms with Crippen LogP contribution in [0.3, 0.4) is 0 Å². The van der Waals surface area contributed by atoms with Crippen LogP contribution in [-0.4, -0.2) is 123 Å². The van der Waals surface area contributed by atoms with Crippen molar-refractivity contribution in [1.82, 2.24) is 40.2 Å². The quantitative estimate of drug-likeness (QED) is 0.0849. The first kappa shape index (κ1) is 39.6. The number of thioether (sulfide) groups is 1. The first-order valence-electron chi connectivity index (χ1n) is 18.5. The van der Waals surface area contributed by atoms with E-state index in [2.05, 4.69) is 37.8 Å². The average Bonchev–Trinajstić information content (AvgIpc) is 3.93. The monoisotopic (exact) mass is 808 g/mol. The molecular formula is C39H40N10O8S. The van der Waals surface area contributed by atoms with Crippen LogP contribution in [0.5, 0.6) is 11.5 Å². The number of carbonyl (C=O) groups is 6. The van der Waals surface area contributed by atoms with Crippen LogP contribution in [0.2, 0.25) is 0 Å². The molecule has 58 heavy (non-hydrogen) atoms. The number of nitrogen functional groups attached to an aromatic ring is 1. The molecule has 0 spiro atoms. The van der Waals surface area contributed by atoms with Gasteiger partial charge in [-0.05, 0) is 43.0 Å². The highest BCUT2D eigenvalue weighted by atomic mass is 32.2. The van der Waals surface area contributed by atoms with Crippen molar-refractivity contribution >= 4 is 69.7 Å². The molecular weight excluding hydrogens is 769 g/mol. The molecule has 7 rings (SSSR count). The molecule has 2 saturated heterocycles. The van der Waals surface area contributed by atoms with Gasteiger partial charge in [0, 0.05) is 61.3 Å². The van der Waals surface area contributed by atoms with Crippen molar-refractivity contribution < 1.29 is 38.2 Å². The lowest BCUT2D eigenvalue weighted by molar-refractivity contribution is -0.136. The largest absolute Gasteiger partial charge is 0.497 e. The van der Waals surface area contributed by atoms with E-state index < -0.39 is 29.7 Å². The number of imide groups is 2. The minimum atomic E-state index is -1.09. The Morgan fingerprint density at radius 2 is 1.81 bits per heavy atom. The zero-order valence-corrected chi connectivity index (χ0v) is 32.5. The number of carbonyl (C=O) groups excluding carboxylic acids is 6. The van der Waals surface area contributed by atoms with E-state index in [-0.39, 0.29) is 59.9 Å². The van der Waals surface area contributed by atoms with Gasteiger partial charge in [0.25, 0.3) is 11.8 Å². The first-order valence-corrected chi connectivity index (χ1v) is 19.7. The molecule has 3 aliphatic rings. The van der Waals surface area contributed by atoms with Crippen LogP contribution in [0.25, 0.3) is 11.0 Å². The third-order valence-electron chi connectivity index (χ3n) is 9.99. The van der Waals surface area contributed by atoms with Gasteiger partial charge in [-0.15, -0.1) is 0 Å². The minimum Gasteiger partial charge on any atom is -0.497 e. The van der Waals surface area contributed by atoms with Gasteiger partial charge in [0.15, 0.2) is 5.65 Å². The van der Waals surface area contributed by atoms with E-state index >= 15 is 0 Å². The van der Waals surface area contributed by atoms with Crippen molar-refractivity contribution in [2.24, 2.45) is 0 Å². The van der Waals surface area contributed by atoms with Crippen molar-refractivity contribution in [3.8, 4) is 23.3 Å². The summed E-state index contributed by atoms with van der Waals surface area (Å²) >= 11 is 1.54. The molecule has 2 aromatic heterocycles. The zero-order chi connectivity index (χ0) is 40.9. The fourth-order valence-corrected chi connectivity index (χ4v) is 7.87. The zero-order valence-electron chi connectivity index (χ0n) is 31.7. The third-order valence-corrected chi connectivity index (χ3v) is 11.0. The molecule has 0 saturated carbocycles. The Labute approximate surface area is 336 Å². The number of benzene rings is 2. The van der Waals surface area contributed by atoms with Gasteiger partial charge in [-0.2, -0.15) is 16.9 Å². The van der Waals surface area contributed by atoms with Gasteiger partial charge in [-0.1, -0.05) is 12.0 Å². The summed E-state index contributed by atoms with van der Waals surface area (Å²) in [6.07, 6.45) is 2.44. The Kier molecular flexibility index (Phi) is 11.7. The molecule has 3 aliphatic heterocycles. The lowest BCUT2D eigenvalue weighted by Gasteiger charge is -2.27. The van der Waals surface area contributed by atoms with Crippen molar-refractivity contribution in [2.45, 2.75) is 37.8 Å². The number of nitrogens with zero attached hydrogens (tertiary/aromatic N) is 6. The highest BCUT2D eigenvalue weighted by Crippen LogP contribution is 2.33. The van der Waals surface area contributed by atoms with Crippen LogP contribution in [0, 0.1) is 11.8 Å². The van der Waals surface area contributed by atoms with Crippen molar-refractivity contribution in [1.29, 1.82) is 0 Å².